The summed E-state index contributed by atoms with van der Waals surface area (Å²) in [6, 6.07) is 0. The molecule has 0 aromatic rings. The normalized spacial score (nSPS) is 12.2. The molecule has 1 N–H and O–H groups in total. The molecule has 0 aromatic heterocycles. The quantitative estimate of drug-likeness (QED) is 0.0501. The first-order chi connectivity index (χ1) is 19.6. The Hall–Kier alpha value is -1.32. The van der Waals surface area contributed by atoms with Gasteiger partial charge in [0.2, 0.25) is 0 Å². The predicted octanol–water partition coefficient (Wildman–Crippen LogP) is 11.9. The third-order valence-electron chi connectivity index (χ3n) is 7.99. The highest BCUT2D eigenvalue weighted by atomic mass is 16.5. The van der Waals surface area contributed by atoms with Gasteiger partial charge in [0.05, 0.1) is 0 Å². The topological polar surface area (TPSA) is 63.6 Å². The van der Waals surface area contributed by atoms with Crippen molar-refractivity contribution < 1.29 is 19.4 Å². The van der Waals surface area contributed by atoms with E-state index >= 15 is 0 Å². The number of esters is 1. The zero-order valence-corrected chi connectivity index (χ0v) is 26.9. The van der Waals surface area contributed by atoms with Crippen LogP contribution in [0.2, 0.25) is 0 Å². The molecule has 4 nitrogen and oxygen atoms in total. The maximum atomic E-state index is 12.5. The summed E-state index contributed by atoms with van der Waals surface area (Å²) in [6.07, 6.45) is 37.9. The van der Waals surface area contributed by atoms with Crippen LogP contribution in [0.3, 0.4) is 0 Å². The summed E-state index contributed by atoms with van der Waals surface area (Å²) in [5.41, 5.74) is 0. The first-order valence-electron chi connectivity index (χ1n) is 17.7. The van der Waals surface area contributed by atoms with Gasteiger partial charge in [0.1, 0.15) is 6.10 Å². The van der Waals surface area contributed by atoms with Gasteiger partial charge in [-0.25, -0.2) is 0 Å². The number of unbranched alkanes of at least 4 members (excludes halogenated alkanes) is 21. The average Bonchev–Trinajstić information content (AvgIpc) is 2.93. The third kappa shape index (κ3) is 31.2. The van der Waals surface area contributed by atoms with Crippen molar-refractivity contribution in [2.24, 2.45) is 0 Å². The summed E-state index contributed by atoms with van der Waals surface area (Å²) in [4.78, 5) is 23.3. The number of hydrogen-bond donors (Lipinski definition) is 1. The van der Waals surface area contributed by atoms with Crippen LogP contribution in [0.15, 0.2) is 12.2 Å². The van der Waals surface area contributed by atoms with Gasteiger partial charge in [-0.05, 0) is 64.2 Å². The fraction of sp³-hybridized carbons (Fsp3) is 0.889. The SMILES string of the molecule is CCCCCCCC/C=C\CCCCCCCCCC(=O)OC(CCCCCCCCCC)CCCCC(=O)O. The van der Waals surface area contributed by atoms with E-state index in [1.54, 1.807) is 0 Å². The Morgan fingerprint density at radius 2 is 0.900 bits per heavy atom. The molecule has 0 radical (unpaired) electrons. The number of carboxylic acids is 1. The average molecular weight is 565 g/mol. The number of hydrogen-bond acceptors (Lipinski definition) is 3. The minimum absolute atomic E-state index is 0.0405. The van der Waals surface area contributed by atoms with Gasteiger partial charge in [-0.3, -0.25) is 9.59 Å². The van der Waals surface area contributed by atoms with E-state index in [1.165, 1.54) is 128 Å². The highest BCUT2D eigenvalue weighted by molar-refractivity contribution is 5.69. The molecule has 1 atom stereocenters. The summed E-state index contributed by atoms with van der Waals surface area (Å²) in [5.74, 6) is -0.803. The molecule has 0 aliphatic carbocycles. The van der Waals surface area contributed by atoms with Gasteiger partial charge >= 0.3 is 11.9 Å². The molecular formula is C36H68O4. The molecule has 40 heavy (non-hydrogen) atoms. The number of rotatable bonds is 32. The summed E-state index contributed by atoms with van der Waals surface area (Å²) >= 11 is 0. The summed E-state index contributed by atoms with van der Waals surface area (Å²) in [5, 5.41) is 8.89. The van der Waals surface area contributed by atoms with Crippen LogP contribution in [0.4, 0.5) is 0 Å². The second kappa shape index (κ2) is 32.2. The van der Waals surface area contributed by atoms with Crippen molar-refractivity contribution in [3.8, 4) is 0 Å². The van der Waals surface area contributed by atoms with Crippen molar-refractivity contribution in [3.63, 3.8) is 0 Å². The molecule has 4 heteroatoms. The lowest BCUT2D eigenvalue weighted by Crippen LogP contribution is -2.18. The molecule has 0 amide bonds. The van der Waals surface area contributed by atoms with Crippen molar-refractivity contribution in [2.45, 2.75) is 206 Å². The van der Waals surface area contributed by atoms with Gasteiger partial charge in [-0.2, -0.15) is 0 Å². The van der Waals surface area contributed by atoms with Gasteiger partial charge in [-0.1, -0.05) is 135 Å². The molecule has 0 heterocycles. The number of carbonyl (C=O) groups is 2. The maximum absolute atomic E-state index is 12.5. The van der Waals surface area contributed by atoms with Crippen LogP contribution >= 0.6 is 0 Å². The van der Waals surface area contributed by atoms with Crippen molar-refractivity contribution >= 4 is 11.9 Å². The van der Waals surface area contributed by atoms with Crippen molar-refractivity contribution in [1.82, 2.24) is 0 Å². The van der Waals surface area contributed by atoms with E-state index in [9.17, 15) is 9.59 Å². The van der Waals surface area contributed by atoms with Crippen LogP contribution in [0.5, 0.6) is 0 Å². The smallest absolute Gasteiger partial charge is 0.306 e. The highest BCUT2D eigenvalue weighted by Crippen LogP contribution is 2.18. The molecule has 0 bridgehead atoms. The molecular weight excluding hydrogens is 496 g/mol. The Morgan fingerprint density at radius 3 is 1.38 bits per heavy atom. The van der Waals surface area contributed by atoms with Gasteiger partial charge in [-0.15, -0.1) is 0 Å². The molecule has 236 valence electrons. The third-order valence-corrected chi connectivity index (χ3v) is 7.99. The minimum Gasteiger partial charge on any atom is -0.481 e. The van der Waals surface area contributed by atoms with Crippen LogP contribution in [0.25, 0.3) is 0 Å². The highest BCUT2D eigenvalue weighted by Gasteiger charge is 2.14. The zero-order chi connectivity index (χ0) is 29.4. The molecule has 0 spiro atoms. The zero-order valence-electron chi connectivity index (χ0n) is 26.9. The standard InChI is InChI=1S/C36H68O4/c1-3-5-7-9-11-13-14-15-16-17-18-19-20-21-23-25-27-33-36(39)40-34(31-28-29-32-35(37)38)30-26-24-22-12-10-8-6-4-2/h15-16,34H,3-14,17-33H2,1-2H3,(H,37,38)/b16-15-. The molecule has 0 saturated carbocycles. The monoisotopic (exact) mass is 565 g/mol. The van der Waals surface area contributed by atoms with Crippen molar-refractivity contribution in [1.29, 1.82) is 0 Å². The number of ether oxygens (including phenoxy) is 1. The fourth-order valence-corrected chi connectivity index (χ4v) is 5.35. The molecule has 0 aliphatic heterocycles. The number of aliphatic carboxylic acids is 1. The Kier molecular flexibility index (Phi) is 31.1. The fourth-order valence-electron chi connectivity index (χ4n) is 5.35. The van der Waals surface area contributed by atoms with Crippen molar-refractivity contribution in [2.75, 3.05) is 0 Å². The van der Waals surface area contributed by atoms with Gasteiger partial charge in [0, 0.05) is 12.8 Å². The lowest BCUT2D eigenvalue weighted by Gasteiger charge is -2.18. The number of allylic oxidation sites excluding steroid dienone is 2. The Balaban J connectivity index is 3.81. The van der Waals surface area contributed by atoms with E-state index in [4.69, 9.17) is 9.84 Å². The van der Waals surface area contributed by atoms with Gasteiger partial charge < -0.3 is 9.84 Å². The Morgan fingerprint density at radius 1 is 0.525 bits per heavy atom. The molecule has 0 aromatic carbocycles. The molecule has 0 fully saturated rings. The van der Waals surface area contributed by atoms with E-state index in [1.807, 2.05) is 0 Å². The van der Waals surface area contributed by atoms with Crippen LogP contribution in [0.1, 0.15) is 200 Å². The lowest BCUT2D eigenvalue weighted by molar-refractivity contribution is -0.150. The molecule has 0 rings (SSSR count). The first kappa shape index (κ1) is 38.7. The van der Waals surface area contributed by atoms with Crippen LogP contribution in [-0.2, 0) is 14.3 Å². The van der Waals surface area contributed by atoms with E-state index in [0.29, 0.717) is 12.8 Å². The largest absolute Gasteiger partial charge is 0.481 e. The number of carboxylic acid groups (broad SMARTS) is 1. The van der Waals surface area contributed by atoms with E-state index in [2.05, 4.69) is 26.0 Å². The van der Waals surface area contributed by atoms with Crippen LogP contribution in [0, 0.1) is 0 Å². The molecule has 1 unspecified atom stereocenters. The Bertz CT molecular complexity index is 571. The Labute approximate surface area is 249 Å². The van der Waals surface area contributed by atoms with Gasteiger partial charge in [0.15, 0.2) is 0 Å². The number of carbonyl (C=O) groups excluding carboxylic acids is 1. The summed E-state index contributed by atoms with van der Waals surface area (Å²) in [6.45, 7) is 4.52. The lowest BCUT2D eigenvalue weighted by atomic mass is 10.0. The van der Waals surface area contributed by atoms with E-state index in [0.717, 1.165) is 38.5 Å². The van der Waals surface area contributed by atoms with Crippen molar-refractivity contribution in [3.05, 3.63) is 12.2 Å². The minimum atomic E-state index is -0.743. The predicted molar refractivity (Wildman–Crippen MR) is 172 cm³/mol. The van der Waals surface area contributed by atoms with E-state index in [-0.39, 0.29) is 18.5 Å². The summed E-state index contributed by atoms with van der Waals surface area (Å²) < 4.78 is 5.85. The first-order valence-corrected chi connectivity index (χ1v) is 17.7. The molecule has 0 saturated heterocycles. The maximum Gasteiger partial charge on any atom is 0.306 e. The summed E-state index contributed by atoms with van der Waals surface area (Å²) in [7, 11) is 0. The van der Waals surface area contributed by atoms with Crippen LogP contribution < -0.4 is 0 Å². The molecule has 0 aliphatic rings. The van der Waals surface area contributed by atoms with E-state index < -0.39 is 5.97 Å². The van der Waals surface area contributed by atoms with Crippen LogP contribution in [-0.4, -0.2) is 23.1 Å². The second-order valence-electron chi connectivity index (χ2n) is 12.1. The van der Waals surface area contributed by atoms with Gasteiger partial charge in [0.25, 0.3) is 0 Å². The second-order valence-corrected chi connectivity index (χ2v) is 12.1.